The molecule has 89 heavy (non-hydrogen) atoms. The Kier molecular flexibility index (Phi) is 21.2. The molecule has 11 rings (SSSR count). The van der Waals surface area contributed by atoms with Gasteiger partial charge in [-0.25, -0.2) is 38.5 Å². The number of carboxylic acid groups (broad SMARTS) is 7. The number of anilines is 2. The maximum Gasteiger partial charge on any atom is 0.335 e. The summed E-state index contributed by atoms with van der Waals surface area (Å²) in [4.78, 5) is 133. The first-order valence-electron chi connectivity index (χ1n) is 25.7. The zero-order valence-electron chi connectivity index (χ0n) is 45.8. The fourth-order valence-corrected chi connectivity index (χ4v) is 8.07. The summed E-state index contributed by atoms with van der Waals surface area (Å²) in [6.07, 6.45) is 15.7. The van der Waals surface area contributed by atoms with E-state index in [-0.39, 0.29) is 44.6 Å². The quantitative estimate of drug-likeness (QED) is 0.0497. The molecule has 0 aliphatic carbocycles. The van der Waals surface area contributed by atoms with Gasteiger partial charge in [0.05, 0.1) is 55.8 Å². The smallest absolute Gasteiger partial charge is 0.335 e. The van der Waals surface area contributed by atoms with Gasteiger partial charge in [-0.2, -0.15) is 0 Å². The third-order valence-electron chi connectivity index (χ3n) is 12.4. The minimum absolute atomic E-state index is 0.0264. The van der Waals surface area contributed by atoms with Gasteiger partial charge in [-0.3, -0.25) is 39.3 Å². The van der Waals surface area contributed by atoms with Crippen molar-refractivity contribution in [1.29, 1.82) is 0 Å². The van der Waals surface area contributed by atoms with Crippen molar-refractivity contribution in [2.24, 2.45) is 0 Å². The molecule has 0 saturated carbocycles. The summed E-state index contributed by atoms with van der Waals surface area (Å²) in [5.41, 5.74) is 6.27. The summed E-state index contributed by atoms with van der Waals surface area (Å²) < 4.78 is 0. The largest absolute Gasteiger partial charge is 0.478 e. The van der Waals surface area contributed by atoms with Crippen LogP contribution in [0.15, 0.2) is 226 Å². The van der Waals surface area contributed by atoms with E-state index in [1.165, 1.54) is 79.4 Å². The lowest BCUT2D eigenvalue weighted by Gasteiger charge is -2.12. The van der Waals surface area contributed by atoms with Gasteiger partial charge in [0.2, 0.25) is 0 Å². The molecule has 442 valence electrons. The highest BCUT2D eigenvalue weighted by Crippen LogP contribution is 2.29. The molecule has 0 saturated heterocycles. The third kappa shape index (κ3) is 17.2. The number of aromatic nitrogens is 5. The number of amides is 3. The van der Waals surface area contributed by atoms with Crippen molar-refractivity contribution in [3.05, 3.63) is 281 Å². The van der Waals surface area contributed by atoms with Crippen LogP contribution in [0.4, 0.5) is 11.4 Å². The molecule has 5 aromatic carbocycles. The Morgan fingerprint density at radius 1 is 0.292 bits per heavy atom. The van der Waals surface area contributed by atoms with Crippen LogP contribution in [0.25, 0.3) is 33.4 Å². The fraction of sp³-hybridized carbons (Fsp3) is 0. The number of benzene rings is 5. The van der Waals surface area contributed by atoms with Gasteiger partial charge in [0.1, 0.15) is 0 Å². The second kappa shape index (κ2) is 29.8. The number of carboxylic acids is 7. The van der Waals surface area contributed by atoms with E-state index in [1.54, 1.807) is 104 Å². The second-order valence-corrected chi connectivity index (χ2v) is 18.2. The molecule has 0 unspecified atom stereocenters. The van der Waals surface area contributed by atoms with E-state index in [0.717, 1.165) is 44.8 Å². The van der Waals surface area contributed by atoms with Gasteiger partial charge in [0.15, 0.2) is 0 Å². The molecule has 8 N–H and O–H groups in total. The molecule has 0 bridgehead atoms. The van der Waals surface area contributed by atoms with Crippen LogP contribution in [0.3, 0.4) is 0 Å². The molecule has 6 heterocycles. The molecule has 0 fully saturated rings. The summed E-state index contributed by atoms with van der Waals surface area (Å²) in [5.74, 6) is -9.32. The number of carbonyl (C=O) groups is 10. The molecule has 0 spiro atoms. The zero-order valence-corrected chi connectivity index (χ0v) is 45.8. The van der Waals surface area contributed by atoms with E-state index < -0.39 is 59.5 Å². The molecule has 0 atom stereocenters. The highest BCUT2D eigenvalue weighted by atomic mass is 16.4. The molecule has 3 amide bonds. The summed E-state index contributed by atoms with van der Waals surface area (Å²) in [5, 5.41) is 64.8. The van der Waals surface area contributed by atoms with Crippen LogP contribution in [0, 0.1) is 0 Å². The predicted octanol–water partition coefficient (Wildman–Crippen LogP) is 10.3. The topological polar surface area (TPSA) is 392 Å². The number of carbonyl (C=O) groups excluding carboxylic acids is 3. The zero-order chi connectivity index (χ0) is 64.1. The van der Waals surface area contributed by atoms with E-state index in [4.69, 9.17) is 35.7 Å². The maximum absolute atomic E-state index is 12.3. The number of imide groups is 1. The number of nitrogens with zero attached hydrogens (tertiary/aromatic N) is 6. The Hall–Kier alpha value is -13.3. The van der Waals surface area contributed by atoms with E-state index in [2.05, 4.69) is 30.2 Å². The van der Waals surface area contributed by atoms with Crippen molar-refractivity contribution in [3.8, 4) is 33.4 Å². The maximum atomic E-state index is 12.3. The van der Waals surface area contributed by atoms with Crippen LogP contribution in [-0.4, -0.2) is 120 Å². The molecule has 24 nitrogen and oxygen atoms in total. The van der Waals surface area contributed by atoms with Crippen molar-refractivity contribution >= 4 is 70.9 Å². The standard InChI is InChI=1S/C14H10N2O5.C14H8N2O4.C13H9NO4.2C12H9NO2/c17-12(8-1-3-15-4-2-8)16-11-6-9(13(18)19)5-10(7-11)14(20)21;17-12-10-2-1-8(14(19)20)7-11(10)13(18)16(12)9-3-5-15-6-4-9;15-12(16)10-5-9(6-11(7-10)13(17)18)8-1-3-14-4-2-8;14-12(15)11-3-1-9(2-4-11)10-5-7-13-8-6-10;14-12(15)11-3-1-2-10(8-11)9-4-6-13-7-5-9/h1-7H,(H,16,17)(H,18,19)(H,20,21);1-7H,(H,19,20);1-7H,(H,15,16)(H,17,18);2*1-8H,(H,14,15). The molecule has 24 heteroatoms. The van der Waals surface area contributed by atoms with Gasteiger partial charge in [0, 0.05) is 73.2 Å². The lowest BCUT2D eigenvalue weighted by atomic mass is 10.0. The number of pyridine rings is 5. The molecular formula is C65H45N7O17. The molecule has 5 aromatic heterocycles. The van der Waals surface area contributed by atoms with Crippen LogP contribution in [0.1, 0.15) is 104 Å². The van der Waals surface area contributed by atoms with E-state index in [1.807, 2.05) is 30.3 Å². The summed E-state index contributed by atoms with van der Waals surface area (Å²) in [7, 11) is 0. The van der Waals surface area contributed by atoms with Crippen LogP contribution < -0.4 is 10.2 Å². The van der Waals surface area contributed by atoms with E-state index >= 15 is 0 Å². The van der Waals surface area contributed by atoms with Crippen molar-refractivity contribution < 1.29 is 83.7 Å². The van der Waals surface area contributed by atoms with Crippen molar-refractivity contribution in [3.63, 3.8) is 0 Å². The molecule has 10 aromatic rings. The molecular weight excluding hydrogens is 1150 g/mol. The van der Waals surface area contributed by atoms with Gasteiger partial charge >= 0.3 is 41.8 Å². The summed E-state index contributed by atoms with van der Waals surface area (Å²) in [6, 6.07) is 41.8. The third-order valence-corrected chi connectivity index (χ3v) is 12.4. The highest BCUT2D eigenvalue weighted by molar-refractivity contribution is 6.34. The van der Waals surface area contributed by atoms with Crippen LogP contribution in [0.5, 0.6) is 0 Å². The van der Waals surface area contributed by atoms with Crippen LogP contribution in [0.2, 0.25) is 0 Å². The monoisotopic (exact) mass is 1200 g/mol. The summed E-state index contributed by atoms with van der Waals surface area (Å²) in [6.45, 7) is 0. The van der Waals surface area contributed by atoms with Gasteiger partial charge < -0.3 is 41.1 Å². The van der Waals surface area contributed by atoms with E-state index in [0.29, 0.717) is 27.9 Å². The van der Waals surface area contributed by atoms with Gasteiger partial charge in [-0.1, -0.05) is 24.3 Å². The average Bonchev–Trinajstić information content (AvgIpc) is 1.98. The minimum Gasteiger partial charge on any atom is -0.478 e. The number of aromatic carboxylic acids is 7. The van der Waals surface area contributed by atoms with Crippen LogP contribution >= 0.6 is 0 Å². The number of hydrogen-bond donors (Lipinski definition) is 8. The van der Waals surface area contributed by atoms with Gasteiger partial charge in [-0.15, -0.1) is 0 Å². The fourth-order valence-electron chi connectivity index (χ4n) is 8.07. The number of fused-ring (bicyclic) bond motifs is 1. The first-order valence-corrected chi connectivity index (χ1v) is 25.7. The van der Waals surface area contributed by atoms with Crippen molar-refractivity contribution in [2.45, 2.75) is 0 Å². The van der Waals surface area contributed by atoms with Crippen molar-refractivity contribution in [2.75, 3.05) is 10.2 Å². The molecule has 1 aliphatic rings. The number of rotatable bonds is 13. The Balaban J connectivity index is 0.000000159. The number of hydrogen-bond acceptors (Lipinski definition) is 15. The first-order chi connectivity index (χ1) is 42.7. The second-order valence-electron chi connectivity index (χ2n) is 18.2. The first kappa shape index (κ1) is 63.3. The molecule has 1 aliphatic heterocycles. The predicted molar refractivity (Wildman–Crippen MR) is 318 cm³/mol. The Labute approximate surface area is 502 Å². The average molecular weight is 1200 g/mol. The number of nitrogens with one attached hydrogen (secondary N) is 1. The SMILES string of the molecule is O=C(O)c1cc(C(=O)O)cc(-c2ccncc2)c1.O=C(O)c1cc(NC(=O)c2ccncc2)cc(C(=O)O)c1.O=C(O)c1ccc(-c2ccncc2)cc1.O=C(O)c1ccc2c(c1)C(=O)N(c1ccncc1)C2=O.O=C(O)c1cccc(-c2ccncc2)c1. The Bertz CT molecular complexity index is 4210. The minimum atomic E-state index is -1.28. The van der Waals surface area contributed by atoms with Gasteiger partial charge in [0.25, 0.3) is 17.7 Å². The Morgan fingerprint density at radius 3 is 1.09 bits per heavy atom. The van der Waals surface area contributed by atoms with Crippen molar-refractivity contribution in [1.82, 2.24) is 24.9 Å². The Morgan fingerprint density at radius 2 is 0.640 bits per heavy atom. The lowest BCUT2D eigenvalue weighted by Crippen LogP contribution is -2.29. The summed E-state index contributed by atoms with van der Waals surface area (Å²) >= 11 is 0. The normalized spacial score (nSPS) is 10.7. The van der Waals surface area contributed by atoms with E-state index in [9.17, 15) is 47.9 Å². The highest BCUT2D eigenvalue weighted by Gasteiger charge is 2.37. The van der Waals surface area contributed by atoms with Crippen LogP contribution in [-0.2, 0) is 0 Å². The molecule has 0 radical (unpaired) electrons. The lowest BCUT2D eigenvalue weighted by molar-refractivity contribution is 0.0676. The van der Waals surface area contributed by atoms with Gasteiger partial charge in [-0.05, 0) is 173 Å².